The number of likely N-dealkylation sites (tertiary alicyclic amines) is 1. The lowest BCUT2D eigenvalue weighted by molar-refractivity contribution is -0.130. The second-order valence-corrected chi connectivity index (χ2v) is 7.10. The number of benzene rings is 2. The average molecular weight is 372 g/mol. The van der Waals surface area contributed by atoms with Crippen LogP contribution in [0.5, 0.6) is 11.5 Å². The van der Waals surface area contributed by atoms with Gasteiger partial charge in [0.05, 0.1) is 6.04 Å². The van der Waals surface area contributed by atoms with E-state index in [1.54, 1.807) is 0 Å². The Bertz CT molecular complexity index is 917. The van der Waals surface area contributed by atoms with Crippen LogP contribution in [0.25, 0.3) is 0 Å². The molecule has 1 aliphatic rings. The molecule has 1 amide bonds. The summed E-state index contributed by atoms with van der Waals surface area (Å²) in [6.07, 6.45) is 7.29. The fraction of sp³-hybridized carbons (Fsp3) is 0.208. The van der Waals surface area contributed by atoms with Crippen LogP contribution in [-0.2, 0) is 4.79 Å². The smallest absolute Gasteiger partial charge is 0.246 e. The van der Waals surface area contributed by atoms with Crippen LogP contribution in [0.2, 0.25) is 0 Å². The van der Waals surface area contributed by atoms with Crippen molar-refractivity contribution < 1.29 is 9.53 Å². The number of hydrogen-bond acceptors (Lipinski definition) is 2. The van der Waals surface area contributed by atoms with Gasteiger partial charge in [-0.15, -0.1) is 0 Å². The lowest BCUT2D eigenvalue weighted by atomic mass is 9.83. The molecule has 2 heterocycles. The minimum absolute atomic E-state index is 0.0119. The summed E-state index contributed by atoms with van der Waals surface area (Å²) < 4.78 is 5.90. The zero-order valence-corrected chi connectivity index (χ0v) is 15.8. The van der Waals surface area contributed by atoms with Crippen LogP contribution in [0.1, 0.15) is 35.9 Å². The number of ether oxygens (including phenoxy) is 1. The lowest BCUT2D eigenvalue weighted by Crippen LogP contribution is -2.39. The van der Waals surface area contributed by atoms with Gasteiger partial charge in [0.15, 0.2) is 0 Å². The molecular weight excluding hydrogens is 348 g/mol. The molecule has 0 aliphatic carbocycles. The van der Waals surface area contributed by atoms with Crippen LogP contribution in [0, 0.1) is 0 Å². The van der Waals surface area contributed by atoms with Gasteiger partial charge < -0.3 is 14.6 Å². The van der Waals surface area contributed by atoms with Crippen molar-refractivity contribution in [2.45, 2.75) is 24.8 Å². The Labute approximate surface area is 165 Å². The molecule has 4 heteroatoms. The first-order chi connectivity index (χ1) is 13.7. The fourth-order valence-electron chi connectivity index (χ4n) is 3.94. The molecule has 1 N–H and O–H groups in total. The van der Waals surface area contributed by atoms with E-state index in [0.29, 0.717) is 5.92 Å². The normalized spacial score (nSPS) is 19.2. The van der Waals surface area contributed by atoms with E-state index in [1.165, 1.54) is 11.6 Å². The molecule has 2 unspecified atom stereocenters. The SMILES string of the molecule is C=CC(=O)N1CCC(c2cc[nH]c2)CC1c1ccc(Oc2ccccc2)cc1. The van der Waals surface area contributed by atoms with Crippen molar-refractivity contribution in [2.24, 2.45) is 0 Å². The highest BCUT2D eigenvalue weighted by atomic mass is 16.5. The molecule has 2 atom stereocenters. The number of rotatable bonds is 5. The largest absolute Gasteiger partial charge is 0.457 e. The van der Waals surface area contributed by atoms with E-state index in [0.717, 1.165) is 36.4 Å². The monoisotopic (exact) mass is 372 g/mol. The quantitative estimate of drug-likeness (QED) is 0.606. The highest BCUT2D eigenvalue weighted by Crippen LogP contribution is 2.40. The van der Waals surface area contributed by atoms with Crippen LogP contribution in [0.3, 0.4) is 0 Å². The van der Waals surface area contributed by atoms with Crippen LogP contribution in [-0.4, -0.2) is 22.3 Å². The molecule has 1 saturated heterocycles. The summed E-state index contributed by atoms with van der Waals surface area (Å²) in [7, 11) is 0. The van der Waals surface area contributed by atoms with Gasteiger partial charge in [-0.3, -0.25) is 4.79 Å². The number of H-pyrrole nitrogens is 1. The Balaban J connectivity index is 1.55. The second kappa shape index (κ2) is 8.17. The van der Waals surface area contributed by atoms with Gasteiger partial charge in [-0.2, -0.15) is 0 Å². The number of carbonyl (C=O) groups is 1. The molecule has 0 saturated carbocycles. The van der Waals surface area contributed by atoms with Gasteiger partial charge in [-0.1, -0.05) is 36.9 Å². The van der Waals surface area contributed by atoms with Crippen molar-refractivity contribution in [2.75, 3.05) is 6.54 Å². The summed E-state index contributed by atoms with van der Waals surface area (Å²) in [5.41, 5.74) is 2.43. The fourth-order valence-corrected chi connectivity index (χ4v) is 3.94. The second-order valence-electron chi connectivity index (χ2n) is 7.10. The summed E-state index contributed by atoms with van der Waals surface area (Å²) in [5, 5.41) is 0. The Morgan fingerprint density at radius 2 is 1.79 bits per heavy atom. The third-order valence-corrected chi connectivity index (χ3v) is 5.40. The maximum Gasteiger partial charge on any atom is 0.246 e. The number of nitrogens with zero attached hydrogens (tertiary/aromatic N) is 1. The van der Waals surface area contributed by atoms with Gasteiger partial charge in [0, 0.05) is 18.9 Å². The van der Waals surface area contributed by atoms with E-state index in [9.17, 15) is 4.79 Å². The molecule has 0 radical (unpaired) electrons. The minimum atomic E-state index is -0.0119. The first-order valence-electron chi connectivity index (χ1n) is 9.63. The third kappa shape index (κ3) is 3.86. The molecule has 1 fully saturated rings. The average Bonchev–Trinajstić information content (AvgIpc) is 3.29. The van der Waals surface area contributed by atoms with Crippen molar-refractivity contribution in [3.63, 3.8) is 0 Å². The zero-order chi connectivity index (χ0) is 19.3. The summed E-state index contributed by atoms with van der Waals surface area (Å²) >= 11 is 0. The van der Waals surface area contributed by atoms with E-state index >= 15 is 0 Å². The Hall–Kier alpha value is -3.27. The number of hydrogen-bond donors (Lipinski definition) is 1. The predicted octanol–water partition coefficient (Wildman–Crippen LogP) is 5.44. The Kier molecular flexibility index (Phi) is 5.29. The van der Waals surface area contributed by atoms with Crippen LogP contribution < -0.4 is 4.74 Å². The van der Waals surface area contributed by atoms with Crippen molar-refractivity contribution in [1.29, 1.82) is 0 Å². The molecule has 2 aromatic carbocycles. The summed E-state index contributed by atoms with van der Waals surface area (Å²) in [4.78, 5) is 17.5. The Morgan fingerprint density at radius 1 is 1.04 bits per heavy atom. The first kappa shape index (κ1) is 18.1. The minimum Gasteiger partial charge on any atom is -0.457 e. The molecule has 4 rings (SSSR count). The summed E-state index contributed by atoms with van der Waals surface area (Å²) in [6.45, 7) is 4.41. The molecule has 28 heavy (non-hydrogen) atoms. The van der Waals surface area contributed by atoms with Crippen molar-refractivity contribution in [3.8, 4) is 11.5 Å². The maximum atomic E-state index is 12.4. The number of carbonyl (C=O) groups excluding carboxylic acids is 1. The molecule has 1 aromatic heterocycles. The van der Waals surface area contributed by atoms with Crippen molar-refractivity contribution in [3.05, 3.63) is 96.8 Å². The number of para-hydroxylation sites is 1. The predicted molar refractivity (Wildman–Crippen MR) is 110 cm³/mol. The molecule has 142 valence electrons. The molecule has 4 nitrogen and oxygen atoms in total. The number of aromatic nitrogens is 1. The topological polar surface area (TPSA) is 45.3 Å². The molecule has 1 aliphatic heterocycles. The molecule has 3 aromatic rings. The van der Waals surface area contributed by atoms with Gasteiger partial charge in [0.2, 0.25) is 5.91 Å². The van der Waals surface area contributed by atoms with E-state index in [-0.39, 0.29) is 11.9 Å². The number of piperidine rings is 1. The molecule has 0 bridgehead atoms. The maximum absolute atomic E-state index is 12.4. The number of aromatic amines is 1. The highest BCUT2D eigenvalue weighted by molar-refractivity contribution is 5.87. The lowest BCUT2D eigenvalue weighted by Gasteiger charge is -2.39. The van der Waals surface area contributed by atoms with Gasteiger partial charge in [-0.25, -0.2) is 0 Å². The molecular formula is C24H24N2O2. The van der Waals surface area contributed by atoms with E-state index in [2.05, 4.69) is 36.0 Å². The van der Waals surface area contributed by atoms with E-state index in [1.807, 2.05) is 53.6 Å². The Morgan fingerprint density at radius 3 is 2.46 bits per heavy atom. The van der Waals surface area contributed by atoms with Crippen LogP contribution in [0.4, 0.5) is 0 Å². The van der Waals surface area contributed by atoms with Gasteiger partial charge in [0.1, 0.15) is 11.5 Å². The summed E-state index contributed by atoms with van der Waals surface area (Å²) in [6, 6.07) is 20.0. The molecule has 0 spiro atoms. The van der Waals surface area contributed by atoms with Crippen LogP contribution >= 0.6 is 0 Å². The van der Waals surface area contributed by atoms with Crippen molar-refractivity contribution >= 4 is 5.91 Å². The number of amides is 1. The van der Waals surface area contributed by atoms with Crippen molar-refractivity contribution in [1.82, 2.24) is 9.88 Å². The van der Waals surface area contributed by atoms with Crippen LogP contribution in [0.15, 0.2) is 85.7 Å². The van der Waals surface area contributed by atoms with Gasteiger partial charge in [-0.05, 0) is 66.3 Å². The number of nitrogens with one attached hydrogen (secondary N) is 1. The zero-order valence-electron chi connectivity index (χ0n) is 15.8. The third-order valence-electron chi connectivity index (χ3n) is 5.40. The van der Waals surface area contributed by atoms with Gasteiger partial charge in [0.25, 0.3) is 0 Å². The highest BCUT2D eigenvalue weighted by Gasteiger charge is 2.32. The van der Waals surface area contributed by atoms with Gasteiger partial charge >= 0.3 is 0 Å². The summed E-state index contributed by atoms with van der Waals surface area (Å²) in [5.74, 6) is 2.02. The van der Waals surface area contributed by atoms with E-state index < -0.39 is 0 Å². The first-order valence-corrected chi connectivity index (χ1v) is 9.63. The van der Waals surface area contributed by atoms with E-state index in [4.69, 9.17) is 4.74 Å². The standard InChI is InChI=1S/C24H24N2O2/c1-2-24(27)26-15-13-19(20-12-14-25-17-20)16-23(26)18-8-10-22(11-9-18)28-21-6-4-3-5-7-21/h2-12,14,17,19,23,25H,1,13,15-16H2.